The summed E-state index contributed by atoms with van der Waals surface area (Å²) in [6.45, 7) is 7.09. The average molecular weight is 355 g/mol. The Kier molecular flexibility index (Phi) is 4.05. The standard InChI is InChI=1S/C19H25N5O2/c25-19(22-16-12-23-5-1-13(16)2-6-23)15-10-17-14(11-21-15)9-18(26-17)24-7-3-20-4-8-24/h9-11,13,16,20H,1-8,12H2,(H,22,25)/t16-/m0/s1. The maximum atomic E-state index is 12.7. The highest BCUT2D eigenvalue weighted by molar-refractivity contribution is 5.95. The summed E-state index contributed by atoms with van der Waals surface area (Å²) in [6, 6.07) is 4.04. The molecule has 1 atom stereocenters. The fourth-order valence-corrected chi connectivity index (χ4v) is 4.46. The minimum atomic E-state index is -0.0919. The highest BCUT2D eigenvalue weighted by atomic mass is 16.4. The third-order valence-corrected chi connectivity index (χ3v) is 6.02. The van der Waals surface area contributed by atoms with Crippen molar-refractivity contribution in [2.24, 2.45) is 5.92 Å². The van der Waals surface area contributed by atoms with Crippen LogP contribution in [-0.2, 0) is 0 Å². The van der Waals surface area contributed by atoms with E-state index >= 15 is 0 Å². The van der Waals surface area contributed by atoms with E-state index in [4.69, 9.17) is 4.42 Å². The number of carbonyl (C=O) groups is 1. The van der Waals surface area contributed by atoms with Gasteiger partial charge in [-0.05, 0) is 31.8 Å². The van der Waals surface area contributed by atoms with Crippen molar-refractivity contribution in [3.8, 4) is 0 Å². The van der Waals surface area contributed by atoms with Crippen LogP contribution >= 0.6 is 0 Å². The number of furan rings is 1. The Morgan fingerprint density at radius 3 is 2.73 bits per heavy atom. The second kappa shape index (κ2) is 6.55. The van der Waals surface area contributed by atoms with Gasteiger partial charge in [0.15, 0.2) is 5.88 Å². The molecule has 138 valence electrons. The Morgan fingerprint density at radius 2 is 2.00 bits per heavy atom. The van der Waals surface area contributed by atoms with Gasteiger partial charge in [-0.15, -0.1) is 0 Å². The largest absolute Gasteiger partial charge is 0.440 e. The van der Waals surface area contributed by atoms with Gasteiger partial charge >= 0.3 is 0 Å². The predicted octanol–water partition coefficient (Wildman–Crippen LogP) is 1.06. The number of piperazine rings is 1. The second-order valence-corrected chi connectivity index (χ2v) is 7.65. The first kappa shape index (κ1) is 16.1. The number of piperidine rings is 3. The quantitative estimate of drug-likeness (QED) is 0.858. The molecule has 2 bridgehead atoms. The van der Waals surface area contributed by atoms with Gasteiger partial charge in [0.05, 0.1) is 0 Å². The minimum Gasteiger partial charge on any atom is -0.440 e. The minimum absolute atomic E-state index is 0.0919. The van der Waals surface area contributed by atoms with E-state index in [1.165, 1.54) is 25.9 Å². The first-order valence-corrected chi connectivity index (χ1v) is 9.65. The lowest BCUT2D eigenvalue weighted by atomic mass is 9.84. The summed E-state index contributed by atoms with van der Waals surface area (Å²) < 4.78 is 6.01. The first-order valence-electron chi connectivity index (χ1n) is 9.65. The number of aromatic nitrogens is 1. The van der Waals surface area contributed by atoms with E-state index in [0.29, 0.717) is 11.6 Å². The molecule has 0 radical (unpaired) electrons. The van der Waals surface area contributed by atoms with Crippen LogP contribution in [0.15, 0.2) is 22.7 Å². The van der Waals surface area contributed by atoms with Crippen LogP contribution in [-0.4, -0.2) is 67.6 Å². The predicted molar refractivity (Wildman–Crippen MR) is 99.5 cm³/mol. The second-order valence-electron chi connectivity index (χ2n) is 7.65. The van der Waals surface area contributed by atoms with Crippen molar-refractivity contribution in [2.75, 3.05) is 50.7 Å². The van der Waals surface area contributed by atoms with Crippen molar-refractivity contribution in [1.29, 1.82) is 0 Å². The van der Waals surface area contributed by atoms with Crippen molar-refractivity contribution in [1.82, 2.24) is 20.5 Å². The van der Waals surface area contributed by atoms with Gasteiger partial charge in [-0.3, -0.25) is 9.78 Å². The number of nitrogens with zero attached hydrogens (tertiary/aromatic N) is 3. The maximum Gasteiger partial charge on any atom is 0.270 e. The molecule has 7 heteroatoms. The molecular formula is C19H25N5O2. The number of pyridine rings is 1. The van der Waals surface area contributed by atoms with Gasteiger partial charge < -0.3 is 24.9 Å². The van der Waals surface area contributed by atoms with Crippen molar-refractivity contribution in [3.05, 3.63) is 24.0 Å². The number of hydrogen-bond donors (Lipinski definition) is 2. The lowest BCUT2D eigenvalue weighted by Gasteiger charge is -2.44. The van der Waals surface area contributed by atoms with Gasteiger partial charge in [0.1, 0.15) is 11.3 Å². The lowest BCUT2D eigenvalue weighted by Crippen LogP contribution is -2.57. The number of amides is 1. The molecule has 1 amide bonds. The summed E-state index contributed by atoms with van der Waals surface area (Å²) in [5.74, 6) is 1.37. The summed E-state index contributed by atoms with van der Waals surface area (Å²) in [5, 5.41) is 7.48. The molecule has 2 aromatic heterocycles. The molecule has 7 nitrogen and oxygen atoms in total. The van der Waals surface area contributed by atoms with Crippen molar-refractivity contribution >= 4 is 22.8 Å². The molecule has 4 aliphatic heterocycles. The van der Waals surface area contributed by atoms with Crippen molar-refractivity contribution in [2.45, 2.75) is 18.9 Å². The molecule has 2 aromatic rings. The smallest absolute Gasteiger partial charge is 0.270 e. The monoisotopic (exact) mass is 355 g/mol. The molecule has 4 saturated heterocycles. The molecular weight excluding hydrogens is 330 g/mol. The van der Waals surface area contributed by atoms with Crippen LogP contribution in [0.4, 0.5) is 5.88 Å². The number of rotatable bonds is 3. The van der Waals surface area contributed by atoms with E-state index in [2.05, 4.69) is 25.4 Å². The first-order chi connectivity index (χ1) is 12.8. The van der Waals surface area contributed by atoms with Crippen LogP contribution in [0.5, 0.6) is 0 Å². The van der Waals surface area contributed by atoms with E-state index in [9.17, 15) is 4.79 Å². The van der Waals surface area contributed by atoms with Crippen LogP contribution in [0.1, 0.15) is 23.3 Å². The molecule has 0 aromatic carbocycles. The zero-order valence-electron chi connectivity index (χ0n) is 14.9. The Bertz CT molecular complexity index is 805. The highest BCUT2D eigenvalue weighted by Gasteiger charge is 2.35. The highest BCUT2D eigenvalue weighted by Crippen LogP contribution is 2.28. The van der Waals surface area contributed by atoms with Gasteiger partial charge in [-0.25, -0.2) is 0 Å². The Hall–Kier alpha value is -2.12. The van der Waals surface area contributed by atoms with Crippen molar-refractivity contribution in [3.63, 3.8) is 0 Å². The molecule has 0 unspecified atom stereocenters. The van der Waals surface area contributed by atoms with Gasteiger partial charge in [-0.1, -0.05) is 0 Å². The topological polar surface area (TPSA) is 73.6 Å². The number of nitrogens with one attached hydrogen (secondary N) is 2. The van der Waals surface area contributed by atoms with Crippen LogP contribution in [0.25, 0.3) is 11.0 Å². The summed E-state index contributed by atoms with van der Waals surface area (Å²) in [4.78, 5) is 21.7. The van der Waals surface area contributed by atoms with E-state index in [0.717, 1.165) is 49.6 Å². The number of anilines is 1. The van der Waals surface area contributed by atoms with E-state index in [1.54, 1.807) is 12.3 Å². The number of fused-ring (bicyclic) bond motifs is 4. The molecule has 6 heterocycles. The zero-order chi connectivity index (χ0) is 17.5. The van der Waals surface area contributed by atoms with Crippen LogP contribution in [0.2, 0.25) is 0 Å². The van der Waals surface area contributed by atoms with Crippen LogP contribution < -0.4 is 15.5 Å². The summed E-state index contributed by atoms with van der Waals surface area (Å²) in [6.07, 6.45) is 4.11. The van der Waals surface area contributed by atoms with Gasteiger partial charge in [0.25, 0.3) is 5.91 Å². The maximum absolute atomic E-state index is 12.7. The zero-order valence-corrected chi connectivity index (χ0v) is 14.9. The summed E-state index contributed by atoms with van der Waals surface area (Å²) >= 11 is 0. The Balaban J connectivity index is 1.33. The molecule has 4 aliphatic rings. The van der Waals surface area contributed by atoms with E-state index in [-0.39, 0.29) is 11.9 Å². The molecule has 0 aliphatic carbocycles. The Labute approximate surface area is 152 Å². The normalized spacial score (nSPS) is 28.5. The fraction of sp³-hybridized carbons (Fsp3) is 0.579. The molecule has 0 saturated carbocycles. The van der Waals surface area contributed by atoms with Gasteiger partial charge in [0, 0.05) is 62.5 Å². The van der Waals surface area contributed by atoms with Gasteiger partial charge in [0.2, 0.25) is 0 Å². The SMILES string of the molecule is O=C(N[C@H]1CN2CCC1CC2)c1cc2oc(N3CCNCC3)cc2cn1. The number of carbonyl (C=O) groups excluding carboxylic acids is 1. The van der Waals surface area contributed by atoms with Crippen LogP contribution in [0.3, 0.4) is 0 Å². The average Bonchev–Trinajstić information content (AvgIpc) is 3.13. The van der Waals surface area contributed by atoms with Gasteiger partial charge in [-0.2, -0.15) is 0 Å². The molecule has 6 rings (SSSR count). The van der Waals surface area contributed by atoms with Crippen molar-refractivity contribution < 1.29 is 9.21 Å². The molecule has 0 spiro atoms. The fourth-order valence-electron chi connectivity index (χ4n) is 4.46. The molecule has 26 heavy (non-hydrogen) atoms. The third kappa shape index (κ3) is 2.95. The summed E-state index contributed by atoms with van der Waals surface area (Å²) in [5.41, 5.74) is 1.17. The number of hydrogen-bond acceptors (Lipinski definition) is 6. The van der Waals surface area contributed by atoms with Crippen LogP contribution in [0, 0.1) is 5.92 Å². The van der Waals surface area contributed by atoms with E-state index < -0.39 is 0 Å². The molecule has 4 fully saturated rings. The molecule has 2 N–H and O–H groups in total. The summed E-state index contributed by atoms with van der Waals surface area (Å²) in [7, 11) is 0. The van der Waals surface area contributed by atoms with E-state index in [1.807, 2.05) is 6.07 Å². The Morgan fingerprint density at radius 1 is 1.19 bits per heavy atom. The lowest BCUT2D eigenvalue weighted by molar-refractivity contribution is 0.0618. The third-order valence-electron chi connectivity index (χ3n) is 6.02.